The summed E-state index contributed by atoms with van der Waals surface area (Å²) in [6, 6.07) is 2.17. The van der Waals surface area contributed by atoms with Gasteiger partial charge >= 0.3 is 6.18 Å². The lowest BCUT2D eigenvalue weighted by atomic mass is 9.84. The van der Waals surface area contributed by atoms with Gasteiger partial charge in [-0.15, -0.1) is 0 Å². The highest BCUT2D eigenvalue weighted by Gasteiger charge is 2.52. The summed E-state index contributed by atoms with van der Waals surface area (Å²) in [5.74, 6) is -1.34. The molecule has 7 heteroatoms. The van der Waals surface area contributed by atoms with Crippen molar-refractivity contribution in [3.63, 3.8) is 0 Å². The molecule has 3 aliphatic carbocycles. The fraction of sp³-hybridized carbons (Fsp3) is 0.526. The van der Waals surface area contributed by atoms with Crippen molar-refractivity contribution < 1.29 is 22.4 Å². The van der Waals surface area contributed by atoms with E-state index in [0.717, 1.165) is 25.0 Å². The van der Waals surface area contributed by atoms with Gasteiger partial charge in [0.2, 0.25) is 5.91 Å². The number of carbonyl (C=O) groups excluding carboxylic acids is 1. The predicted molar refractivity (Wildman–Crippen MR) is 88.5 cm³/mol. The predicted octanol–water partition coefficient (Wildman–Crippen LogP) is 4.10. The van der Waals surface area contributed by atoms with Crippen molar-refractivity contribution >= 4 is 11.6 Å². The third kappa shape index (κ3) is 3.02. The summed E-state index contributed by atoms with van der Waals surface area (Å²) >= 11 is 0. The third-order valence-electron chi connectivity index (χ3n) is 5.85. The van der Waals surface area contributed by atoms with Gasteiger partial charge in [-0.2, -0.15) is 13.2 Å². The Balaban J connectivity index is 1.54. The van der Waals surface area contributed by atoms with E-state index in [1.807, 2.05) is 0 Å². The first-order valence-electron chi connectivity index (χ1n) is 8.90. The van der Waals surface area contributed by atoms with Gasteiger partial charge in [0.1, 0.15) is 5.82 Å². The second-order valence-corrected chi connectivity index (χ2v) is 7.58. The number of nitrogens with two attached hydrogens (primary N) is 1. The second-order valence-electron chi connectivity index (χ2n) is 7.58. The highest BCUT2D eigenvalue weighted by atomic mass is 19.4. The number of anilines is 1. The topological polar surface area (TPSA) is 55.1 Å². The number of halogens is 4. The van der Waals surface area contributed by atoms with E-state index in [0.29, 0.717) is 12.0 Å². The lowest BCUT2D eigenvalue weighted by molar-refractivity contribution is -0.140. The Morgan fingerprint density at radius 2 is 1.85 bits per heavy atom. The highest BCUT2D eigenvalue weighted by molar-refractivity contribution is 5.94. The van der Waals surface area contributed by atoms with Gasteiger partial charge in [-0.25, -0.2) is 4.39 Å². The number of allylic oxidation sites excluding steroid dienone is 1. The summed E-state index contributed by atoms with van der Waals surface area (Å²) < 4.78 is 52.0. The van der Waals surface area contributed by atoms with Gasteiger partial charge in [-0.05, 0) is 61.6 Å². The molecule has 4 rings (SSSR count). The van der Waals surface area contributed by atoms with Crippen LogP contribution in [0, 0.1) is 29.5 Å². The van der Waals surface area contributed by atoms with Crippen LogP contribution in [0.4, 0.5) is 23.2 Å². The van der Waals surface area contributed by atoms with Crippen LogP contribution in [0.3, 0.4) is 0 Å². The number of fused-ring (bicyclic) bond motifs is 2. The average molecular weight is 368 g/mol. The zero-order valence-electron chi connectivity index (χ0n) is 14.0. The largest absolute Gasteiger partial charge is 0.419 e. The van der Waals surface area contributed by atoms with Gasteiger partial charge in [-0.1, -0.05) is 11.6 Å². The zero-order valence-corrected chi connectivity index (χ0v) is 14.0. The fourth-order valence-electron chi connectivity index (χ4n) is 4.47. The first-order chi connectivity index (χ1) is 12.3. The number of carbonyl (C=O) groups is 1. The molecule has 1 amide bonds. The molecule has 3 nitrogen and oxygen atoms in total. The van der Waals surface area contributed by atoms with Crippen molar-refractivity contribution in [2.24, 2.45) is 29.4 Å². The monoisotopic (exact) mass is 368 g/mol. The van der Waals surface area contributed by atoms with Crippen molar-refractivity contribution in [3.05, 3.63) is 41.2 Å². The Kier molecular flexibility index (Phi) is 4.10. The molecule has 4 atom stereocenters. The lowest BCUT2D eigenvalue weighted by Gasteiger charge is -2.26. The summed E-state index contributed by atoms with van der Waals surface area (Å²) in [6.45, 7) is 0. The molecule has 0 aromatic heterocycles. The molecule has 0 aliphatic heterocycles. The van der Waals surface area contributed by atoms with E-state index >= 15 is 0 Å². The van der Waals surface area contributed by atoms with Crippen LogP contribution in [0.1, 0.15) is 31.2 Å². The maximum absolute atomic E-state index is 13.4. The Labute approximate surface area is 148 Å². The molecule has 3 aliphatic rings. The standard InChI is InChI=1S/C19H20F4N2O/c20-15-6-3-10(8-14(15)19(21,22)23)25-18(26)16-11-4-5-12(17(16)24)13(11)7-9-1-2-9/h3,6-9,11-12,16-17H,1-2,4-5,24H2,(H,25,26)/b13-7-/t11?,12?,16-,17+/m0/s1. The minimum atomic E-state index is -4.81. The van der Waals surface area contributed by atoms with E-state index in [1.54, 1.807) is 0 Å². The molecule has 0 saturated heterocycles. The van der Waals surface area contributed by atoms with Gasteiger partial charge in [0.15, 0.2) is 0 Å². The number of hydrogen-bond acceptors (Lipinski definition) is 2. The zero-order chi connectivity index (χ0) is 18.6. The summed E-state index contributed by atoms with van der Waals surface area (Å²) in [5.41, 5.74) is 6.10. The Morgan fingerprint density at radius 3 is 2.50 bits per heavy atom. The van der Waals surface area contributed by atoms with Crippen LogP contribution < -0.4 is 11.1 Å². The van der Waals surface area contributed by atoms with E-state index in [9.17, 15) is 22.4 Å². The minimum Gasteiger partial charge on any atom is -0.326 e. The number of rotatable bonds is 3. The first-order valence-corrected chi connectivity index (χ1v) is 8.90. The summed E-state index contributed by atoms with van der Waals surface area (Å²) in [4.78, 5) is 12.7. The van der Waals surface area contributed by atoms with Gasteiger partial charge in [0.25, 0.3) is 0 Å². The number of amides is 1. The van der Waals surface area contributed by atoms with Crippen LogP contribution in [-0.2, 0) is 11.0 Å². The number of alkyl halides is 3. The van der Waals surface area contributed by atoms with Crippen LogP contribution in [-0.4, -0.2) is 11.9 Å². The van der Waals surface area contributed by atoms with E-state index in [1.165, 1.54) is 18.4 Å². The molecule has 3 fully saturated rings. The molecule has 3 N–H and O–H groups in total. The molecule has 0 radical (unpaired) electrons. The Morgan fingerprint density at radius 1 is 1.15 bits per heavy atom. The molecule has 0 spiro atoms. The third-order valence-corrected chi connectivity index (χ3v) is 5.85. The highest BCUT2D eigenvalue weighted by Crippen LogP contribution is 2.53. The second kappa shape index (κ2) is 6.08. The average Bonchev–Trinajstić information content (AvgIpc) is 3.23. The Bertz CT molecular complexity index is 769. The number of hydrogen-bond donors (Lipinski definition) is 2. The number of nitrogens with one attached hydrogen (secondary N) is 1. The minimum absolute atomic E-state index is 0.0635. The van der Waals surface area contributed by atoms with Gasteiger partial charge < -0.3 is 11.1 Å². The van der Waals surface area contributed by atoms with Gasteiger partial charge in [0.05, 0.1) is 11.5 Å². The van der Waals surface area contributed by atoms with Crippen molar-refractivity contribution in [2.45, 2.75) is 37.9 Å². The van der Waals surface area contributed by atoms with Gasteiger partial charge in [0, 0.05) is 11.7 Å². The smallest absolute Gasteiger partial charge is 0.326 e. The van der Waals surface area contributed by atoms with Crippen molar-refractivity contribution in [2.75, 3.05) is 5.32 Å². The van der Waals surface area contributed by atoms with Crippen LogP contribution in [0.2, 0.25) is 0 Å². The molecule has 2 unspecified atom stereocenters. The van der Waals surface area contributed by atoms with Crippen LogP contribution in [0.15, 0.2) is 29.8 Å². The van der Waals surface area contributed by atoms with Crippen molar-refractivity contribution in [1.82, 2.24) is 0 Å². The van der Waals surface area contributed by atoms with Crippen molar-refractivity contribution in [3.8, 4) is 0 Å². The summed E-state index contributed by atoms with van der Waals surface area (Å²) in [7, 11) is 0. The summed E-state index contributed by atoms with van der Waals surface area (Å²) in [5, 5.41) is 2.52. The van der Waals surface area contributed by atoms with Gasteiger partial charge in [-0.3, -0.25) is 4.79 Å². The first kappa shape index (κ1) is 17.5. The maximum atomic E-state index is 13.4. The number of benzene rings is 1. The van der Waals surface area contributed by atoms with E-state index in [2.05, 4.69) is 11.4 Å². The fourth-order valence-corrected chi connectivity index (χ4v) is 4.47. The van der Waals surface area contributed by atoms with Crippen LogP contribution in [0.25, 0.3) is 0 Å². The molecule has 2 bridgehead atoms. The molecule has 1 aromatic carbocycles. The molecule has 1 aromatic rings. The normalized spacial score (nSPS) is 32.3. The molecule has 26 heavy (non-hydrogen) atoms. The van der Waals surface area contributed by atoms with Crippen molar-refractivity contribution in [1.29, 1.82) is 0 Å². The van der Waals surface area contributed by atoms with Crippen LogP contribution >= 0.6 is 0 Å². The summed E-state index contributed by atoms with van der Waals surface area (Å²) in [6.07, 6.45) is 1.63. The quantitative estimate of drug-likeness (QED) is 0.623. The van der Waals surface area contributed by atoms with E-state index in [4.69, 9.17) is 5.73 Å². The Hall–Kier alpha value is -1.89. The molecular weight excluding hydrogens is 348 g/mol. The molecule has 140 valence electrons. The molecular formula is C19H20F4N2O. The maximum Gasteiger partial charge on any atom is 0.419 e. The molecule has 3 saturated carbocycles. The van der Waals surface area contributed by atoms with E-state index in [-0.39, 0.29) is 29.5 Å². The van der Waals surface area contributed by atoms with E-state index < -0.39 is 23.5 Å². The lowest BCUT2D eigenvalue weighted by Crippen LogP contribution is -2.42. The van der Waals surface area contributed by atoms with Crippen LogP contribution in [0.5, 0.6) is 0 Å². The SMILES string of the molecule is N[C@@H]1C2CCC(/C2=C/C2CC2)[C@@H]1C(=O)Nc1ccc(F)c(C(F)(F)F)c1. The molecule has 0 heterocycles.